The zero-order valence-electron chi connectivity index (χ0n) is 17.3. The fourth-order valence-corrected chi connectivity index (χ4v) is 4.32. The van der Waals surface area contributed by atoms with E-state index in [2.05, 4.69) is 27.7 Å². The lowest BCUT2D eigenvalue weighted by molar-refractivity contribution is -0.187. The fraction of sp³-hybridized carbons (Fsp3) is 1.00. The summed E-state index contributed by atoms with van der Waals surface area (Å²) >= 11 is 0. The van der Waals surface area contributed by atoms with Gasteiger partial charge in [-0.25, -0.2) is 0 Å². The molecule has 0 bridgehead atoms. The van der Waals surface area contributed by atoms with Gasteiger partial charge in [0.2, 0.25) is 0 Å². The average Bonchev–Trinajstić information content (AvgIpc) is 3.51. The Balaban J connectivity index is 2.02. The molecule has 0 aromatic rings. The smallest absolute Gasteiger partial charge is 0.110 e. The zero-order valence-corrected chi connectivity index (χ0v) is 17.3. The molecule has 148 valence electrons. The van der Waals surface area contributed by atoms with Crippen LogP contribution in [0.5, 0.6) is 0 Å². The second-order valence-electron chi connectivity index (χ2n) is 8.20. The summed E-state index contributed by atoms with van der Waals surface area (Å²) in [6.45, 7) is 10.9. The molecule has 0 amide bonds. The highest BCUT2D eigenvalue weighted by Crippen LogP contribution is 2.45. The molecule has 2 fully saturated rings. The quantitative estimate of drug-likeness (QED) is 0.250. The summed E-state index contributed by atoms with van der Waals surface area (Å²) in [5.41, 5.74) is -0.194. The molecular formula is C22H42O3. The minimum absolute atomic E-state index is 0.0968. The lowest BCUT2D eigenvalue weighted by Gasteiger charge is -2.43. The normalized spacial score (nSPS) is 26.9. The first-order valence-electron chi connectivity index (χ1n) is 11.1. The molecule has 0 aromatic carbocycles. The third-order valence-corrected chi connectivity index (χ3v) is 6.35. The highest BCUT2D eigenvalue weighted by atomic mass is 16.6. The summed E-state index contributed by atoms with van der Waals surface area (Å²) in [5.74, 6) is 0. The van der Waals surface area contributed by atoms with Crippen LogP contribution in [0, 0.1) is 0 Å². The van der Waals surface area contributed by atoms with Crippen molar-refractivity contribution >= 4 is 0 Å². The van der Waals surface area contributed by atoms with Crippen LogP contribution in [0.25, 0.3) is 0 Å². The molecule has 3 nitrogen and oxygen atoms in total. The highest BCUT2D eigenvalue weighted by Gasteiger charge is 2.55. The maximum atomic E-state index is 7.08. The van der Waals surface area contributed by atoms with Gasteiger partial charge >= 0.3 is 0 Å². The predicted molar refractivity (Wildman–Crippen MR) is 104 cm³/mol. The molecule has 2 rings (SSSR count). The third-order valence-electron chi connectivity index (χ3n) is 6.35. The van der Waals surface area contributed by atoms with E-state index < -0.39 is 0 Å². The summed E-state index contributed by atoms with van der Waals surface area (Å²) in [5, 5.41) is 0. The van der Waals surface area contributed by atoms with E-state index in [0.717, 1.165) is 38.9 Å². The van der Waals surface area contributed by atoms with Gasteiger partial charge in [0.1, 0.15) is 12.2 Å². The second-order valence-corrected chi connectivity index (χ2v) is 8.20. The predicted octanol–water partition coefficient (Wildman–Crippen LogP) is 6.04. The summed E-state index contributed by atoms with van der Waals surface area (Å²) in [4.78, 5) is 0. The van der Waals surface area contributed by atoms with E-state index in [9.17, 15) is 0 Å². The first-order valence-corrected chi connectivity index (χ1v) is 11.1. The SMILES string of the molecule is CCCCCCC(CC)(OC(CC)(CCCCCC)C1CO1)C1CO1. The number of epoxide rings is 2. The van der Waals surface area contributed by atoms with Crippen molar-refractivity contribution in [3.63, 3.8) is 0 Å². The van der Waals surface area contributed by atoms with Gasteiger partial charge in [0, 0.05) is 0 Å². The van der Waals surface area contributed by atoms with Crippen LogP contribution in [0.4, 0.5) is 0 Å². The van der Waals surface area contributed by atoms with Crippen molar-refractivity contribution < 1.29 is 14.2 Å². The number of rotatable bonds is 16. The Morgan fingerprint density at radius 1 is 0.680 bits per heavy atom. The topological polar surface area (TPSA) is 34.3 Å². The molecule has 4 unspecified atom stereocenters. The lowest BCUT2D eigenvalue weighted by Crippen LogP contribution is -2.51. The standard InChI is InChI=1S/C22H42O3/c1-5-9-11-13-15-21(7-3,19-17-23-19)25-22(8-4,20-18-24-20)16-14-12-10-6-2/h19-20H,5-18H2,1-4H3. The Labute approximate surface area is 156 Å². The van der Waals surface area contributed by atoms with E-state index in [1.165, 1.54) is 51.4 Å². The van der Waals surface area contributed by atoms with Gasteiger partial charge in [-0.1, -0.05) is 79.1 Å². The van der Waals surface area contributed by atoms with Gasteiger partial charge in [0.05, 0.1) is 24.4 Å². The monoisotopic (exact) mass is 354 g/mol. The molecule has 4 atom stereocenters. The van der Waals surface area contributed by atoms with Crippen LogP contribution in [0.1, 0.15) is 105 Å². The fourth-order valence-electron chi connectivity index (χ4n) is 4.32. The molecule has 0 radical (unpaired) electrons. The minimum Gasteiger partial charge on any atom is -0.370 e. The molecule has 3 heteroatoms. The number of unbranched alkanes of at least 4 members (excludes halogenated alkanes) is 6. The van der Waals surface area contributed by atoms with Gasteiger partial charge in [-0.15, -0.1) is 0 Å². The molecule has 2 aliphatic rings. The molecule has 0 aliphatic carbocycles. The summed E-state index contributed by atoms with van der Waals surface area (Å²) in [6, 6.07) is 0. The largest absolute Gasteiger partial charge is 0.370 e. The summed E-state index contributed by atoms with van der Waals surface area (Å²) in [7, 11) is 0. The van der Waals surface area contributed by atoms with E-state index in [-0.39, 0.29) is 11.2 Å². The third kappa shape index (κ3) is 5.94. The van der Waals surface area contributed by atoms with Crippen LogP contribution in [-0.4, -0.2) is 36.6 Å². The Hall–Kier alpha value is -0.120. The Morgan fingerprint density at radius 2 is 1.08 bits per heavy atom. The van der Waals surface area contributed by atoms with Crippen LogP contribution in [0.2, 0.25) is 0 Å². The van der Waals surface area contributed by atoms with Crippen molar-refractivity contribution in [1.29, 1.82) is 0 Å². The van der Waals surface area contributed by atoms with Crippen LogP contribution in [0.15, 0.2) is 0 Å². The lowest BCUT2D eigenvalue weighted by atomic mass is 9.84. The molecule has 2 saturated heterocycles. The van der Waals surface area contributed by atoms with Crippen LogP contribution in [0.3, 0.4) is 0 Å². The van der Waals surface area contributed by atoms with Crippen LogP contribution in [-0.2, 0) is 14.2 Å². The zero-order chi connectivity index (χ0) is 18.2. The first-order chi connectivity index (χ1) is 12.2. The molecule has 0 spiro atoms. The molecule has 2 heterocycles. The highest BCUT2D eigenvalue weighted by molar-refractivity contribution is 5.03. The van der Waals surface area contributed by atoms with E-state index in [0.29, 0.717) is 12.2 Å². The van der Waals surface area contributed by atoms with Gasteiger partial charge in [0.25, 0.3) is 0 Å². The minimum atomic E-state index is -0.0968. The molecular weight excluding hydrogens is 312 g/mol. The van der Waals surface area contributed by atoms with Gasteiger partial charge in [-0.3, -0.25) is 0 Å². The molecule has 2 aliphatic heterocycles. The number of hydrogen-bond donors (Lipinski definition) is 0. The van der Waals surface area contributed by atoms with E-state index in [4.69, 9.17) is 14.2 Å². The van der Waals surface area contributed by atoms with Crippen LogP contribution < -0.4 is 0 Å². The number of hydrogen-bond acceptors (Lipinski definition) is 3. The van der Waals surface area contributed by atoms with Crippen molar-refractivity contribution in [1.82, 2.24) is 0 Å². The Kier molecular flexibility index (Phi) is 8.71. The van der Waals surface area contributed by atoms with Gasteiger partial charge in [-0.05, 0) is 25.7 Å². The van der Waals surface area contributed by atoms with Crippen molar-refractivity contribution in [3.05, 3.63) is 0 Å². The Morgan fingerprint density at radius 3 is 1.36 bits per heavy atom. The van der Waals surface area contributed by atoms with Crippen LogP contribution >= 0.6 is 0 Å². The molecule has 25 heavy (non-hydrogen) atoms. The van der Waals surface area contributed by atoms with Gasteiger partial charge in [0.15, 0.2) is 0 Å². The maximum Gasteiger partial charge on any atom is 0.110 e. The summed E-state index contributed by atoms with van der Waals surface area (Å²) in [6.07, 6.45) is 15.3. The van der Waals surface area contributed by atoms with Crippen molar-refractivity contribution in [2.75, 3.05) is 13.2 Å². The first kappa shape index (κ1) is 21.2. The Bertz CT molecular complexity index is 330. The number of ether oxygens (including phenoxy) is 3. The van der Waals surface area contributed by atoms with Crippen molar-refractivity contribution in [2.45, 2.75) is 128 Å². The van der Waals surface area contributed by atoms with E-state index >= 15 is 0 Å². The van der Waals surface area contributed by atoms with Crippen molar-refractivity contribution in [3.8, 4) is 0 Å². The molecule has 0 saturated carbocycles. The van der Waals surface area contributed by atoms with Gasteiger partial charge in [-0.2, -0.15) is 0 Å². The molecule has 0 aromatic heterocycles. The second kappa shape index (κ2) is 10.3. The van der Waals surface area contributed by atoms with E-state index in [1.54, 1.807) is 0 Å². The van der Waals surface area contributed by atoms with Gasteiger partial charge < -0.3 is 14.2 Å². The maximum absolute atomic E-state index is 7.08. The summed E-state index contributed by atoms with van der Waals surface area (Å²) < 4.78 is 18.7. The average molecular weight is 355 g/mol. The van der Waals surface area contributed by atoms with E-state index in [1.807, 2.05) is 0 Å². The van der Waals surface area contributed by atoms with Crippen molar-refractivity contribution in [2.24, 2.45) is 0 Å². The molecule has 0 N–H and O–H groups in total.